The highest BCUT2D eigenvalue weighted by Gasteiger charge is 2.40. The predicted molar refractivity (Wildman–Crippen MR) is 93.7 cm³/mol. The van der Waals surface area contributed by atoms with Crippen LogP contribution in [0, 0.1) is 0 Å². The van der Waals surface area contributed by atoms with E-state index in [9.17, 15) is 10.4 Å². The summed E-state index contributed by atoms with van der Waals surface area (Å²) >= 11 is 0. The number of rotatable bonds is 3. The second-order valence-electron chi connectivity index (χ2n) is 6.95. The van der Waals surface area contributed by atoms with Gasteiger partial charge in [0.2, 0.25) is 0 Å². The summed E-state index contributed by atoms with van der Waals surface area (Å²) in [6.07, 6.45) is -1.18. The summed E-state index contributed by atoms with van der Waals surface area (Å²) in [5, 5.41) is 21.8. The van der Waals surface area contributed by atoms with Gasteiger partial charge in [0.1, 0.15) is 11.4 Å². The minimum Gasteiger partial charge on any atom is -0.494 e. The molecular weight excluding hydrogens is 322 g/mol. The van der Waals surface area contributed by atoms with E-state index in [-0.39, 0.29) is 0 Å². The van der Waals surface area contributed by atoms with Crippen LogP contribution in [-0.2, 0) is 16.0 Å². The molecule has 6 nitrogen and oxygen atoms in total. The van der Waals surface area contributed by atoms with Gasteiger partial charge >= 0.3 is 0 Å². The average Bonchev–Trinajstić information content (AvgIpc) is 2.98. The number of aliphatic hydroxyl groups is 1. The Morgan fingerprint density at radius 1 is 1.24 bits per heavy atom. The number of hydrogen-bond donors (Lipinski definition) is 3. The van der Waals surface area contributed by atoms with Gasteiger partial charge in [-0.25, -0.2) is 4.89 Å². The first-order valence-corrected chi connectivity index (χ1v) is 8.22. The molecule has 6 heteroatoms. The van der Waals surface area contributed by atoms with Gasteiger partial charge in [-0.05, 0) is 26.0 Å². The van der Waals surface area contributed by atoms with Crippen LogP contribution in [0.3, 0.4) is 0 Å². The predicted octanol–water partition coefficient (Wildman–Crippen LogP) is 3.53. The molecule has 25 heavy (non-hydrogen) atoms. The molecule has 3 aromatic rings. The lowest BCUT2D eigenvalue weighted by Crippen LogP contribution is -2.44. The van der Waals surface area contributed by atoms with Gasteiger partial charge < -0.3 is 19.6 Å². The largest absolute Gasteiger partial charge is 0.494 e. The number of fused-ring (bicyclic) bond motifs is 4. The SMILES string of the molecule is COc1c2c(cc3c1[nH]c1ccccc13)C(O)OC(C(C)(C)OO)C2. The van der Waals surface area contributed by atoms with Crippen LogP contribution in [0.1, 0.15) is 31.3 Å². The van der Waals surface area contributed by atoms with Crippen LogP contribution in [0.5, 0.6) is 5.75 Å². The Morgan fingerprint density at radius 2 is 2.00 bits per heavy atom. The Balaban J connectivity index is 1.96. The van der Waals surface area contributed by atoms with Crippen molar-refractivity contribution in [2.75, 3.05) is 7.11 Å². The molecule has 3 N–H and O–H groups in total. The second-order valence-corrected chi connectivity index (χ2v) is 6.95. The molecule has 1 aromatic heterocycles. The van der Waals surface area contributed by atoms with E-state index in [2.05, 4.69) is 9.87 Å². The number of aromatic amines is 1. The molecule has 0 saturated heterocycles. The molecule has 0 aliphatic carbocycles. The number of hydrogen-bond acceptors (Lipinski definition) is 5. The average molecular weight is 343 g/mol. The normalized spacial score (nSPS) is 20.8. The first-order chi connectivity index (χ1) is 12.0. The van der Waals surface area contributed by atoms with Gasteiger partial charge in [0.05, 0.1) is 18.7 Å². The van der Waals surface area contributed by atoms with Crippen molar-refractivity contribution in [3.8, 4) is 5.75 Å². The summed E-state index contributed by atoms with van der Waals surface area (Å²) in [6.45, 7) is 3.42. The quantitative estimate of drug-likeness (QED) is 0.500. The standard InChI is InChI=1S/C19H21NO5/c1-19(2,25-22)15-9-12-13(18(21)24-15)8-11-10-6-4-5-7-14(10)20-16(11)17(12)23-3/h4-8,15,18,20-22H,9H2,1-3H3. The van der Waals surface area contributed by atoms with Crippen molar-refractivity contribution in [3.63, 3.8) is 0 Å². The molecule has 4 rings (SSSR count). The maximum absolute atomic E-state index is 10.6. The molecule has 0 radical (unpaired) electrons. The second kappa shape index (κ2) is 5.71. The van der Waals surface area contributed by atoms with Crippen molar-refractivity contribution in [3.05, 3.63) is 41.5 Å². The Bertz CT molecular complexity index is 946. The monoisotopic (exact) mass is 343 g/mol. The maximum Gasteiger partial charge on any atom is 0.182 e. The maximum atomic E-state index is 10.6. The van der Waals surface area contributed by atoms with Crippen molar-refractivity contribution in [1.29, 1.82) is 0 Å². The van der Waals surface area contributed by atoms with Crippen LogP contribution in [0.25, 0.3) is 21.8 Å². The summed E-state index contributed by atoms with van der Waals surface area (Å²) in [5.41, 5.74) is 2.47. The van der Waals surface area contributed by atoms with E-state index >= 15 is 0 Å². The first-order valence-electron chi connectivity index (χ1n) is 8.22. The molecule has 2 aromatic carbocycles. The fourth-order valence-corrected chi connectivity index (χ4v) is 3.60. The topological polar surface area (TPSA) is 83.9 Å². The molecule has 0 spiro atoms. The van der Waals surface area contributed by atoms with Crippen LogP contribution in [0.2, 0.25) is 0 Å². The van der Waals surface area contributed by atoms with Gasteiger partial charge in [0, 0.05) is 33.8 Å². The molecule has 0 saturated carbocycles. The Labute approximate surface area is 144 Å². The summed E-state index contributed by atoms with van der Waals surface area (Å²) < 4.78 is 11.4. The summed E-state index contributed by atoms with van der Waals surface area (Å²) in [6, 6.07) is 9.93. The molecule has 2 atom stereocenters. The van der Waals surface area contributed by atoms with Gasteiger partial charge in [-0.1, -0.05) is 18.2 Å². The van der Waals surface area contributed by atoms with E-state index in [0.29, 0.717) is 17.7 Å². The number of methoxy groups -OCH3 is 1. The van der Waals surface area contributed by atoms with E-state index in [0.717, 1.165) is 27.4 Å². The van der Waals surface area contributed by atoms with E-state index in [1.165, 1.54) is 0 Å². The highest BCUT2D eigenvalue weighted by atomic mass is 17.1. The van der Waals surface area contributed by atoms with E-state index < -0.39 is 18.0 Å². The number of aliphatic hydroxyl groups excluding tert-OH is 1. The molecule has 132 valence electrons. The van der Waals surface area contributed by atoms with Crippen LogP contribution in [0.15, 0.2) is 30.3 Å². The number of H-pyrrole nitrogens is 1. The molecular formula is C19H21NO5. The minimum absolute atomic E-state index is 0.453. The third kappa shape index (κ3) is 2.41. The lowest BCUT2D eigenvalue weighted by Gasteiger charge is -2.37. The first kappa shape index (κ1) is 16.4. The van der Waals surface area contributed by atoms with Crippen LogP contribution in [-0.4, -0.2) is 34.2 Å². The fourth-order valence-electron chi connectivity index (χ4n) is 3.60. The van der Waals surface area contributed by atoms with Gasteiger partial charge in [-0.15, -0.1) is 0 Å². The summed E-state index contributed by atoms with van der Waals surface area (Å²) in [7, 11) is 1.62. The summed E-state index contributed by atoms with van der Waals surface area (Å²) in [5.74, 6) is 0.685. The fraction of sp³-hybridized carbons (Fsp3) is 0.368. The number of ether oxygens (including phenoxy) is 2. The summed E-state index contributed by atoms with van der Waals surface area (Å²) in [4.78, 5) is 7.97. The molecule has 1 aliphatic rings. The van der Waals surface area contributed by atoms with E-state index in [4.69, 9.17) is 9.47 Å². The van der Waals surface area contributed by atoms with Crippen molar-refractivity contribution in [2.45, 2.75) is 38.3 Å². The van der Waals surface area contributed by atoms with Crippen molar-refractivity contribution < 1.29 is 24.7 Å². The highest BCUT2D eigenvalue weighted by molar-refractivity contribution is 6.10. The van der Waals surface area contributed by atoms with Crippen molar-refractivity contribution >= 4 is 21.8 Å². The smallest absolute Gasteiger partial charge is 0.182 e. The number of benzene rings is 2. The van der Waals surface area contributed by atoms with Gasteiger partial charge in [-0.2, -0.15) is 0 Å². The number of nitrogens with one attached hydrogen (secondary N) is 1. The third-order valence-electron chi connectivity index (χ3n) is 5.06. The van der Waals surface area contributed by atoms with Gasteiger partial charge in [0.15, 0.2) is 6.29 Å². The number of aromatic nitrogens is 1. The van der Waals surface area contributed by atoms with Crippen LogP contribution >= 0.6 is 0 Å². The molecule has 0 fully saturated rings. The zero-order valence-electron chi connectivity index (χ0n) is 14.4. The van der Waals surface area contributed by atoms with Gasteiger partial charge in [0.25, 0.3) is 0 Å². The Hall–Kier alpha value is -2.12. The van der Waals surface area contributed by atoms with Crippen molar-refractivity contribution in [2.24, 2.45) is 0 Å². The molecule has 2 heterocycles. The van der Waals surface area contributed by atoms with Crippen LogP contribution in [0.4, 0.5) is 0 Å². The lowest BCUT2D eigenvalue weighted by atomic mass is 9.88. The molecule has 0 bridgehead atoms. The third-order valence-corrected chi connectivity index (χ3v) is 5.06. The molecule has 1 aliphatic heterocycles. The van der Waals surface area contributed by atoms with Crippen molar-refractivity contribution in [1.82, 2.24) is 4.98 Å². The minimum atomic E-state index is -1.12. The molecule has 0 amide bonds. The Morgan fingerprint density at radius 3 is 2.72 bits per heavy atom. The van der Waals surface area contributed by atoms with E-state index in [1.807, 2.05) is 30.3 Å². The lowest BCUT2D eigenvalue weighted by molar-refractivity contribution is -0.349. The Kier molecular flexibility index (Phi) is 3.73. The molecule has 2 unspecified atom stereocenters. The zero-order valence-corrected chi connectivity index (χ0v) is 14.4. The highest BCUT2D eigenvalue weighted by Crippen LogP contribution is 2.43. The van der Waals surface area contributed by atoms with Gasteiger partial charge in [-0.3, -0.25) is 5.26 Å². The van der Waals surface area contributed by atoms with E-state index in [1.54, 1.807) is 21.0 Å². The number of para-hydroxylation sites is 1. The zero-order chi connectivity index (χ0) is 17.8. The van der Waals surface area contributed by atoms with Crippen LogP contribution < -0.4 is 4.74 Å².